The molecule has 0 atom stereocenters. The van der Waals surface area contributed by atoms with Crippen LogP contribution in [0.1, 0.15) is 5.56 Å². The van der Waals surface area contributed by atoms with Gasteiger partial charge in [-0.25, -0.2) is 4.72 Å². The third kappa shape index (κ3) is 1.87. The molecule has 18 heavy (non-hydrogen) atoms. The monoisotopic (exact) mass is 265 g/mol. The number of hydrogen-bond acceptors (Lipinski definition) is 3. The van der Waals surface area contributed by atoms with Gasteiger partial charge in [0.1, 0.15) is 0 Å². The van der Waals surface area contributed by atoms with Crippen molar-refractivity contribution < 1.29 is 13.2 Å². The van der Waals surface area contributed by atoms with Crippen LogP contribution >= 0.6 is 0 Å². The molecule has 1 aliphatic rings. The van der Waals surface area contributed by atoms with Gasteiger partial charge in [-0.3, -0.25) is 4.79 Å². The summed E-state index contributed by atoms with van der Waals surface area (Å²) in [6.45, 7) is 0.0791. The smallest absolute Gasteiger partial charge is 0.304 e. The Balaban J connectivity index is 1.90. The SMILES string of the molecule is O=C1CN(Cc2ccc3[nH]ccc3c2)S(=O)(=O)N1. The van der Waals surface area contributed by atoms with Crippen LogP contribution in [0.15, 0.2) is 30.5 Å². The van der Waals surface area contributed by atoms with Crippen molar-refractivity contribution in [2.24, 2.45) is 0 Å². The van der Waals surface area contributed by atoms with Crippen LogP contribution in [-0.4, -0.2) is 30.2 Å². The molecule has 94 valence electrons. The Labute approximate surface area is 104 Å². The summed E-state index contributed by atoms with van der Waals surface area (Å²) < 4.78 is 26.2. The van der Waals surface area contributed by atoms with Gasteiger partial charge in [0.25, 0.3) is 0 Å². The van der Waals surface area contributed by atoms with Crippen molar-refractivity contribution in [1.29, 1.82) is 0 Å². The fourth-order valence-electron chi connectivity index (χ4n) is 2.03. The van der Waals surface area contributed by atoms with Gasteiger partial charge in [0, 0.05) is 18.3 Å². The Morgan fingerprint density at radius 3 is 2.83 bits per heavy atom. The summed E-state index contributed by atoms with van der Waals surface area (Å²) in [5.41, 5.74) is 1.85. The molecule has 1 aromatic carbocycles. The van der Waals surface area contributed by atoms with Crippen LogP contribution < -0.4 is 4.72 Å². The van der Waals surface area contributed by atoms with E-state index in [0.29, 0.717) is 0 Å². The number of hydrogen-bond donors (Lipinski definition) is 2. The van der Waals surface area contributed by atoms with Gasteiger partial charge < -0.3 is 4.98 Å². The van der Waals surface area contributed by atoms with Gasteiger partial charge in [0.2, 0.25) is 5.91 Å². The summed E-state index contributed by atoms with van der Waals surface area (Å²) >= 11 is 0. The Morgan fingerprint density at radius 1 is 1.28 bits per heavy atom. The van der Waals surface area contributed by atoms with Crippen molar-refractivity contribution in [2.45, 2.75) is 6.54 Å². The number of aromatic nitrogens is 1. The second-order valence-electron chi connectivity index (χ2n) is 4.20. The first-order valence-corrected chi connectivity index (χ1v) is 6.85. The van der Waals surface area contributed by atoms with Crippen LogP contribution in [0.4, 0.5) is 0 Å². The minimum absolute atomic E-state index is 0.118. The van der Waals surface area contributed by atoms with Gasteiger partial charge in [-0.05, 0) is 29.1 Å². The molecule has 0 aliphatic carbocycles. The molecule has 1 saturated heterocycles. The number of H-pyrrole nitrogens is 1. The highest BCUT2D eigenvalue weighted by Crippen LogP contribution is 2.17. The number of carbonyl (C=O) groups is 1. The van der Waals surface area contributed by atoms with Crippen molar-refractivity contribution in [3.63, 3.8) is 0 Å². The van der Waals surface area contributed by atoms with Crippen LogP contribution in [0.5, 0.6) is 0 Å². The first kappa shape index (κ1) is 11.2. The van der Waals surface area contributed by atoms with Gasteiger partial charge in [-0.1, -0.05) is 6.07 Å². The number of benzene rings is 1. The fourth-order valence-corrected chi connectivity index (χ4v) is 3.12. The Morgan fingerprint density at radius 2 is 2.11 bits per heavy atom. The van der Waals surface area contributed by atoms with Crippen LogP contribution in [-0.2, 0) is 21.5 Å². The van der Waals surface area contributed by atoms with Crippen molar-refractivity contribution in [1.82, 2.24) is 14.0 Å². The molecule has 0 spiro atoms. The Hall–Kier alpha value is -1.86. The predicted octanol–water partition coefficient (Wildman–Crippen LogP) is 0.344. The predicted molar refractivity (Wildman–Crippen MR) is 65.8 cm³/mol. The summed E-state index contributed by atoms with van der Waals surface area (Å²) in [6, 6.07) is 7.56. The van der Waals surface area contributed by atoms with E-state index in [1.54, 1.807) is 0 Å². The van der Waals surface area contributed by atoms with Gasteiger partial charge >= 0.3 is 10.2 Å². The van der Waals surface area contributed by atoms with Crippen LogP contribution in [0, 0.1) is 0 Å². The van der Waals surface area contributed by atoms with Crippen molar-refractivity contribution in [3.05, 3.63) is 36.0 Å². The van der Waals surface area contributed by atoms with Gasteiger partial charge in [-0.2, -0.15) is 12.7 Å². The lowest BCUT2D eigenvalue weighted by Crippen LogP contribution is -2.29. The number of nitrogens with zero attached hydrogens (tertiary/aromatic N) is 1. The zero-order chi connectivity index (χ0) is 12.8. The number of nitrogens with one attached hydrogen (secondary N) is 2. The lowest BCUT2D eigenvalue weighted by Gasteiger charge is -2.11. The van der Waals surface area contributed by atoms with E-state index >= 15 is 0 Å². The van der Waals surface area contributed by atoms with E-state index in [1.165, 1.54) is 0 Å². The zero-order valence-electron chi connectivity index (χ0n) is 9.38. The minimum atomic E-state index is -3.65. The third-order valence-corrected chi connectivity index (χ3v) is 4.30. The molecule has 0 radical (unpaired) electrons. The number of rotatable bonds is 2. The standard InChI is InChI=1S/C11H11N3O3S/c15-11-7-14(18(16,17)13-11)6-8-1-2-10-9(5-8)3-4-12-10/h1-5,12H,6-7H2,(H,13,15). The maximum Gasteiger partial charge on any atom is 0.304 e. The van der Waals surface area contributed by atoms with E-state index < -0.39 is 16.1 Å². The van der Waals surface area contributed by atoms with Crippen LogP contribution in [0.2, 0.25) is 0 Å². The lowest BCUT2D eigenvalue weighted by atomic mass is 10.1. The largest absolute Gasteiger partial charge is 0.361 e. The maximum atomic E-state index is 11.6. The molecular formula is C11H11N3O3S. The second-order valence-corrected chi connectivity index (χ2v) is 5.87. The van der Waals surface area contributed by atoms with Crippen molar-refractivity contribution in [3.8, 4) is 0 Å². The highest BCUT2D eigenvalue weighted by atomic mass is 32.2. The van der Waals surface area contributed by atoms with E-state index in [9.17, 15) is 13.2 Å². The van der Waals surface area contributed by atoms with E-state index in [1.807, 2.05) is 35.2 Å². The summed E-state index contributed by atoms with van der Waals surface area (Å²) in [6.07, 6.45) is 1.83. The average Bonchev–Trinajstić information content (AvgIpc) is 2.83. The molecule has 1 amide bonds. The van der Waals surface area contributed by atoms with E-state index in [4.69, 9.17) is 0 Å². The van der Waals surface area contributed by atoms with E-state index in [-0.39, 0.29) is 13.1 Å². The highest BCUT2D eigenvalue weighted by Gasteiger charge is 2.33. The van der Waals surface area contributed by atoms with Gasteiger partial charge in [0.15, 0.2) is 0 Å². The molecule has 7 heteroatoms. The van der Waals surface area contributed by atoms with E-state index in [0.717, 1.165) is 20.8 Å². The molecule has 2 N–H and O–H groups in total. The van der Waals surface area contributed by atoms with Crippen LogP contribution in [0.25, 0.3) is 10.9 Å². The molecular weight excluding hydrogens is 254 g/mol. The highest BCUT2D eigenvalue weighted by molar-refractivity contribution is 7.88. The molecule has 1 aromatic heterocycles. The molecule has 2 heterocycles. The Bertz CT molecular complexity index is 720. The van der Waals surface area contributed by atoms with E-state index in [2.05, 4.69) is 4.98 Å². The van der Waals surface area contributed by atoms with Crippen molar-refractivity contribution in [2.75, 3.05) is 6.54 Å². The number of amides is 1. The summed E-state index contributed by atoms with van der Waals surface area (Å²) in [4.78, 5) is 14.2. The molecule has 3 rings (SSSR count). The van der Waals surface area contributed by atoms with Gasteiger partial charge in [0.05, 0.1) is 6.54 Å². The van der Waals surface area contributed by atoms with Crippen LogP contribution in [0.3, 0.4) is 0 Å². The molecule has 1 fully saturated rings. The molecule has 0 unspecified atom stereocenters. The number of fused-ring (bicyclic) bond motifs is 1. The fraction of sp³-hybridized carbons (Fsp3) is 0.182. The summed E-state index contributed by atoms with van der Waals surface area (Å²) in [7, 11) is -3.65. The molecule has 0 bridgehead atoms. The second kappa shape index (κ2) is 3.82. The number of carbonyl (C=O) groups excluding carboxylic acids is 1. The Kier molecular flexibility index (Phi) is 2.39. The molecule has 2 aromatic rings. The first-order valence-electron chi connectivity index (χ1n) is 5.41. The van der Waals surface area contributed by atoms with Crippen molar-refractivity contribution >= 4 is 27.0 Å². The quantitative estimate of drug-likeness (QED) is 0.821. The molecule has 1 aliphatic heterocycles. The summed E-state index contributed by atoms with van der Waals surface area (Å²) in [5.74, 6) is -0.488. The number of aromatic amines is 1. The third-order valence-electron chi connectivity index (χ3n) is 2.88. The maximum absolute atomic E-state index is 11.6. The van der Waals surface area contributed by atoms with Gasteiger partial charge in [-0.15, -0.1) is 0 Å². The first-order chi connectivity index (χ1) is 8.54. The average molecular weight is 265 g/mol. The lowest BCUT2D eigenvalue weighted by molar-refractivity contribution is -0.118. The minimum Gasteiger partial charge on any atom is -0.361 e. The zero-order valence-corrected chi connectivity index (χ0v) is 10.2. The summed E-state index contributed by atoms with van der Waals surface area (Å²) in [5, 5.41) is 1.02. The molecule has 6 nitrogen and oxygen atoms in total. The normalized spacial score (nSPS) is 19.2. The topological polar surface area (TPSA) is 82.3 Å². The molecule has 0 saturated carbocycles.